The van der Waals surface area contributed by atoms with Crippen LogP contribution in [0.25, 0.3) is 0 Å². The van der Waals surface area contributed by atoms with Crippen molar-refractivity contribution in [1.82, 2.24) is 15.5 Å². The molecule has 0 aromatic rings. The number of nitrogens with zero attached hydrogens (tertiary/aromatic N) is 1. The summed E-state index contributed by atoms with van der Waals surface area (Å²) in [7, 11) is 0. The first-order valence-corrected chi connectivity index (χ1v) is 7.81. The van der Waals surface area contributed by atoms with Gasteiger partial charge >= 0.3 is 6.09 Å². The molecule has 1 aliphatic heterocycles. The Bertz CT molecular complexity index is 347. The SMILES string of the molecule is CCNC(=O)[C@@H](CN1CCCCC1)NC(=O)OC(C)(C)C. The van der Waals surface area contributed by atoms with E-state index in [9.17, 15) is 9.59 Å². The number of amides is 2. The summed E-state index contributed by atoms with van der Waals surface area (Å²) in [6, 6.07) is -0.571. The van der Waals surface area contributed by atoms with Crippen LogP contribution in [0.2, 0.25) is 0 Å². The zero-order chi connectivity index (χ0) is 15.9. The monoisotopic (exact) mass is 299 g/mol. The number of rotatable bonds is 5. The first-order chi connectivity index (χ1) is 9.81. The molecule has 2 N–H and O–H groups in total. The lowest BCUT2D eigenvalue weighted by Crippen LogP contribution is -2.54. The van der Waals surface area contributed by atoms with Crippen LogP contribution in [-0.2, 0) is 9.53 Å². The van der Waals surface area contributed by atoms with Crippen LogP contribution in [0.5, 0.6) is 0 Å². The van der Waals surface area contributed by atoms with Crippen LogP contribution >= 0.6 is 0 Å². The average Bonchev–Trinajstić information content (AvgIpc) is 2.37. The lowest BCUT2D eigenvalue weighted by Gasteiger charge is -2.30. The third-order valence-corrected chi connectivity index (χ3v) is 3.25. The highest BCUT2D eigenvalue weighted by Gasteiger charge is 2.26. The molecule has 1 fully saturated rings. The number of likely N-dealkylation sites (tertiary alicyclic amines) is 1. The molecular formula is C15H29N3O3. The van der Waals surface area contributed by atoms with Crippen LogP contribution in [0, 0.1) is 0 Å². The summed E-state index contributed by atoms with van der Waals surface area (Å²) in [4.78, 5) is 26.2. The first-order valence-electron chi connectivity index (χ1n) is 7.81. The van der Waals surface area contributed by atoms with Crippen molar-refractivity contribution in [2.24, 2.45) is 0 Å². The van der Waals surface area contributed by atoms with Gasteiger partial charge < -0.3 is 20.3 Å². The van der Waals surface area contributed by atoms with E-state index in [1.54, 1.807) is 20.8 Å². The molecule has 122 valence electrons. The van der Waals surface area contributed by atoms with Gasteiger partial charge in [-0.05, 0) is 53.6 Å². The average molecular weight is 299 g/mol. The second-order valence-electron chi connectivity index (χ2n) is 6.45. The number of nitrogens with one attached hydrogen (secondary N) is 2. The van der Waals surface area contributed by atoms with Crippen LogP contribution in [0.3, 0.4) is 0 Å². The van der Waals surface area contributed by atoms with Crippen LogP contribution in [-0.4, -0.2) is 54.7 Å². The summed E-state index contributed by atoms with van der Waals surface area (Å²) in [5.74, 6) is -0.158. The predicted octanol–water partition coefficient (Wildman–Crippen LogP) is 1.50. The topological polar surface area (TPSA) is 70.7 Å². The van der Waals surface area contributed by atoms with E-state index in [0.717, 1.165) is 25.9 Å². The second kappa shape index (κ2) is 8.22. The van der Waals surface area contributed by atoms with Crippen LogP contribution in [0.15, 0.2) is 0 Å². The summed E-state index contributed by atoms with van der Waals surface area (Å²) in [5.41, 5.74) is -0.568. The van der Waals surface area contributed by atoms with E-state index in [-0.39, 0.29) is 5.91 Å². The molecule has 0 aliphatic carbocycles. The van der Waals surface area contributed by atoms with Gasteiger partial charge in [0.05, 0.1) is 0 Å². The Morgan fingerprint density at radius 2 is 1.81 bits per heavy atom. The van der Waals surface area contributed by atoms with E-state index in [2.05, 4.69) is 15.5 Å². The highest BCUT2D eigenvalue weighted by molar-refractivity contribution is 5.85. The van der Waals surface area contributed by atoms with Crippen molar-refractivity contribution in [2.75, 3.05) is 26.2 Å². The Balaban J connectivity index is 2.58. The Hall–Kier alpha value is -1.30. The summed E-state index contributed by atoms with van der Waals surface area (Å²) in [6.45, 7) is 10.3. The third-order valence-electron chi connectivity index (χ3n) is 3.25. The Labute approximate surface area is 127 Å². The molecule has 1 rings (SSSR count). The molecule has 0 saturated carbocycles. The Morgan fingerprint density at radius 1 is 1.19 bits per heavy atom. The van der Waals surface area contributed by atoms with Gasteiger partial charge in [-0.1, -0.05) is 6.42 Å². The first kappa shape index (κ1) is 17.8. The van der Waals surface area contributed by atoms with Crippen molar-refractivity contribution in [3.05, 3.63) is 0 Å². The van der Waals surface area contributed by atoms with Gasteiger partial charge in [0.1, 0.15) is 11.6 Å². The molecule has 1 heterocycles. The highest BCUT2D eigenvalue weighted by atomic mass is 16.6. The Kier molecular flexibility index (Phi) is 6.95. The van der Waals surface area contributed by atoms with Gasteiger partial charge in [0.2, 0.25) is 5.91 Å². The number of carbonyl (C=O) groups is 2. The maximum Gasteiger partial charge on any atom is 0.408 e. The molecule has 21 heavy (non-hydrogen) atoms. The van der Waals surface area contributed by atoms with Crippen molar-refractivity contribution in [3.8, 4) is 0 Å². The van der Waals surface area contributed by atoms with Gasteiger partial charge in [-0.3, -0.25) is 4.79 Å². The minimum atomic E-state index is -0.571. The molecular weight excluding hydrogens is 270 g/mol. The molecule has 0 radical (unpaired) electrons. The molecule has 1 atom stereocenters. The second-order valence-corrected chi connectivity index (χ2v) is 6.45. The molecule has 1 saturated heterocycles. The lowest BCUT2D eigenvalue weighted by atomic mass is 10.1. The van der Waals surface area contributed by atoms with Crippen molar-refractivity contribution in [1.29, 1.82) is 0 Å². The zero-order valence-corrected chi connectivity index (χ0v) is 13.7. The minimum Gasteiger partial charge on any atom is -0.444 e. The number of carbonyl (C=O) groups excluding carboxylic acids is 2. The molecule has 0 aromatic heterocycles. The molecule has 6 nitrogen and oxygen atoms in total. The maximum absolute atomic E-state index is 12.1. The van der Waals surface area contributed by atoms with Crippen molar-refractivity contribution < 1.29 is 14.3 Å². The number of piperidine rings is 1. The number of likely N-dealkylation sites (N-methyl/N-ethyl adjacent to an activating group) is 1. The fourth-order valence-electron chi connectivity index (χ4n) is 2.34. The van der Waals surface area contributed by atoms with E-state index >= 15 is 0 Å². The quantitative estimate of drug-likeness (QED) is 0.807. The number of hydrogen-bond donors (Lipinski definition) is 2. The van der Waals surface area contributed by atoms with Crippen LogP contribution < -0.4 is 10.6 Å². The fourth-order valence-corrected chi connectivity index (χ4v) is 2.34. The molecule has 0 spiro atoms. The van der Waals surface area contributed by atoms with E-state index in [1.165, 1.54) is 6.42 Å². The molecule has 2 amide bonds. The zero-order valence-electron chi connectivity index (χ0n) is 13.7. The van der Waals surface area contributed by atoms with Gasteiger partial charge in [0, 0.05) is 13.1 Å². The fraction of sp³-hybridized carbons (Fsp3) is 0.867. The molecule has 0 unspecified atom stereocenters. The number of alkyl carbamates (subject to hydrolysis) is 1. The number of hydrogen-bond acceptors (Lipinski definition) is 4. The smallest absolute Gasteiger partial charge is 0.408 e. The van der Waals surface area contributed by atoms with E-state index in [4.69, 9.17) is 4.74 Å². The maximum atomic E-state index is 12.1. The third kappa shape index (κ3) is 7.32. The summed E-state index contributed by atoms with van der Waals surface area (Å²) < 4.78 is 5.24. The minimum absolute atomic E-state index is 0.158. The van der Waals surface area contributed by atoms with Gasteiger partial charge in [0.25, 0.3) is 0 Å². The van der Waals surface area contributed by atoms with E-state index in [0.29, 0.717) is 13.1 Å². The lowest BCUT2D eigenvalue weighted by molar-refractivity contribution is -0.123. The van der Waals surface area contributed by atoms with Gasteiger partial charge in [0.15, 0.2) is 0 Å². The van der Waals surface area contributed by atoms with Gasteiger partial charge in [-0.2, -0.15) is 0 Å². The normalized spacial score (nSPS) is 17.9. The van der Waals surface area contributed by atoms with Gasteiger partial charge in [-0.25, -0.2) is 4.79 Å². The molecule has 0 bridgehead atoms. The summed E-state index contributed by atoms with van der Waals surface area (Å²) in [5, 5.41) is 5.46. The highest BCUT2D eigenvalue weighted by Crippen LogP contribution is 2.10. The van der Waals surface area contributed by atoms with Crippen molar-refractivity contribution >= 4 is 12.0 Å². The molecule has 0 aromatic carbocycles. The molecule has 6 heteroatoms. The molecule has 1 aliphatic rings. The summed E-state index contributed by atoms with van der Waals surface area (Å²) in [6.07, 6.45) is 2.99. The summed E-state index contributed by atoms with van der Waals surface area (Å²) >= 11 is 0. The Morgan fingerprint density at radius 3 is 2.33 bits per heavy atom. The van der Waals surface area contributed by atoms with Crippen LogP contribution in [0.4, 0.5) is 4.79 Å². The van der Waals surface area contributed by atoms with E-state index < -0.39 is 17.7 Å². The van der Waals surface area contributed by atoms with Gasteiger partial charge in [-0.15, -0.1) is 0 Å². The predicted molar refractivity (Wildman–Crippen MR) is 82.1 cm³/mol. The number of ether oxygens (including phenoxy) is 1. The van der Waals surface area contributed by atoms with Crippen molar-refractivity contribution in [2.45, 2.75) is 58.6 Å². The largest absolute Gasteiger partial charge is 0.444 e. The van der Waals surface area contributed by atoms with Crippen LogP contribution in [0.1, 0.15) is 47.0 Å². The van der Waals surface area contributed by atoms with E-state index in [1.807, 2.05) is 6.92 Å². The standard InChI is InChI=1S/C15H29N3O3/c1-5-16-13(19)12(11-18-9-7-6-8-10-18)17-14(20)21-15(2,3)4/h12H,5-11H2,1-4H3,(H,16,19)(H,17,20)/t12-/m1/s1. The van der Waals surface area contributed by atoms with Crippen molar-refractivity contribution in [3.63, 3.8) is 0 Å².